The Balaban J connectivity index is 1.61. The maximum Gasteiger partial charge on any atom is 0.259 e. The highest BCUT2D eigenvalue weighted by Crippen LogP contribution is 2.49. The SMILES string of the molecule is CCN(CC)CCCN1C(=N)NC(c2cccc(-c3cccc(Cl)c3)c2)(C2CC2)C1=O. The maximum absolute atomic E-state index is 13.7. The molecule has 2 aromatic carbocycles. The number of carbonyl (C=O) groups excluding carboxylic acids is 1. The number of nitrogens with zero attached hydrogens (tertiary/aromatic N) is 2. The predicted octanol–water partition coefficient (Wildman–Crippen LogP) is 4.71. The fourth-order valence-corrected chi connectivity index (χ4v) is 4.85. The average molecular weight is 439 g/mol. The number of benzene rings is 2. The number of rotatable bonds is 9. The van der Waals surface area contributed by atoms with Crippen LogP contribution in [-0.4, -0.2) is 47.8 Å². The fourth-order valence-electron chi connectivity index (χ4n) is 4.66. The van der Waals surface area contributed by atoms with Crippen LogP contribution in [0.4, 0.5) is 0 Å². The second kappa shape index (κ2) is 9.01. The van der Waals surface area contributed by atoms with E-state index in [1.165, 1.54) is 0 Å². The third kappa shape index (κ3) is 4.21. The summed E-state index contributed by atoms with van der Waals surface area (Å²) in [7, 11) is 0. The molecule has 0 bridgehead atoms. The van der Waals surface area contributed by atoms with Crippen molar-refractivity contribution in [2.24, 2.45) is 5.92 Å². The molecule has 1 saturated carbocycles. The van der Waals surface area contributed by atoms with Crippen molar-refractivity contribution in [1.82, 2.24) is 15.1 Å². The maximum atomic E-state index is 13.7. The van der Waals surface area contributed by atoms with E-state index in [-0.39, 0.29) is 17.8 Å². The van der Waals surface area contributed by atoms with Gasteiger partial charge in [0.1, 0.15) is 5.54 Å². The van der Waals surface area contributed by atoms with Gasteiger partial charge in [-0.1, -0.05) is 55.8 Å². The third-order valence-electron chi connectivity index (χ3n) is 6.58. The molecule has 31 heavy (non-hydrogen) atoms. The van der Waals surface area contributed by atoms with E-state index in [4.69, 9.17) is 17.0 Å². The molecule has 1 heterocycles. The molecule has 1 saturated heterocycles. The van der Waals surface area contributed by atoms with E-state index in [1.54, 1.807) is 4.90 Å². The molecule has 0 spiro atoms. The van der Waals surface area contributed by atoms with E-state index in [0.29, 0.717) is 11.6 Å². The summed E-state index contributed by atoms with van der Waals surface area (Å²) in [6.45, 7) is 7.82. The molecule has 1 atom stereocenters. The van der Waals surface area contributed by atoms with Gasteiger partial charge in [-0.25, -0.2) is 0 Å². The molecular formula is C25H31ClN4O. The first kappa shape index (κ1) is 21.8. The summed E-state index contributed by atoms with van der Waals surface area (Å²) in [6.07, 6.45) is 2.86. The Labute approximate surface area is 189 Å². The molecule has 5 nitrogen and oxygen atoms in total. The van der Waals surface area contributed by atoms with Crippen molar-refractivity contribution in [3.63, 3.8) is 0 Å². The molecule has 164 valence electrons. The summed E-state index contributed by atoms with van der Waals surface area (Å²) in [5.74, 6) is 0.468. The second-order valence-electron chi connectivity index (χ2n) is 8.48. The van der Waals surface area contributed by atoms with Crippen molar-refractivity contribution in [3.8, 4) is 11.1 Å². The predicted molar refractivity (Wildman–Crippen MR) is 126 cm³/mol. The van der Waals surface area contributed by atoms with E-state index in [0.717, 1.165) is 55.6 Å². The Bertz CT molecular complexity index is 969. The summed E-state index contributed by atoms with van der Waals surface area (Å²) >= 11 is 6.20. The normalized spacial score (nSPS) is 21.1. The van der Waals surface area contributed by atoms with Gasteiger partial charge in [0.15, 0.2) is 5.96 Å². The number of hydrogen-bond acceptors (Lipinski definition) is 3. The smallest absolute Gasteiger partial charge is 0.259 e. The van der Waals surface area contributed by atoms with Gasteiger partial charge in [0.05, 0.1) is 0 Å². The van der Waals surface area contributed by atoms with Crippen LogP contribution < -0.4 is 5.32 Å². The van der Waals surface area contributed by atoms with Crippen LogP contribution in [0.1, 0.15) is 38.7 Å². The number of guanidine groups is 1. The van der Waals surface area contributed by atoms with Crippen molar-refractivity contribution in [2.75, 3.05) is 26.2 Å². The highest BCUT2D eigenvalue weighted by atomic mass is 35.5. The lowest BCUT2D eigenvalue weighted by Gasteiger charge is -2.28. The monoisotopic (exact) mass is 438 g/mol. The Morgan fingerprint density at radius 1 is 1.13 bits per heavy atom. The highest BCUT2D eigenvalue weighted by Gasteiger charge is 2.58. The molecule has 0 radical (unpaired) electrons. The van der Waals surface area contributed by atoms with Crippen molar-refractivity contribution in [2.45, 2.75) is 38.6 Å². The van der Waals surface area contributed by atoms with Gasteiger partial charge in [-0.05, 0) is 79.7 Å². The van der Waals surface area contributed by atoms with Crippen LogP contribution in [0.25, 0.3) is 11.1 Å². The molecular weight excluding hydrogens is 408 g/mol. The van der Waals surface area contributed by atoms with Gasteiger partial charge < -0.3 is 10.2 Å². The molecule has 0 aromatic heterocycles. The van der Waals surface area contributed by atoms with Crippen LogP contribution >= 0.6 is 11.6 Å². The standard InChI is InChI=1S/C25H31ClN4O/c1-3-29(4-2)14-7-15-30-23(31)25(20-12-13-20,28-24(30)27)21-10-5-8-18(16-21)19-9-6-11-22(26)17-19/h5-6,8-11,16-17,20H,3-4,7,12-15H2,1-2H3,(H2,27,28). The molecule has 2 N–H and O–H groups in total. The van der Waals surface area contributed by atoms with E-state index in [9.17, 15) is 4.79 Å². The number of nitrogens with one attached hydrogen (secondary N) is 2. The van der Waals surface area contributed by atoms with Gasteiger partial charge in [0.25, 0.3) is 5.91 Å². The van der Waals surface area contributed by atoms with Crippen molar-refractivity contribution in [3.05, 3.63) is 59.1 Å². The van der Waals surface area contributed by atoms with Crippen LogP contribution in [-0.2, 0) is 10.3 Å². The Morgan fingerprint density at radius 2 is 1.81 bits per heavy atom. The fraction of sp³-hybridized carbons (Fsp3) is 0.440. The molecule has 2 aromatic rings. The zero-order valence-electron chi connectivity index (χ0n) is 18.3. The van der Waals surface area contributed by atoms with Crippen LogP contribution in [0.15, 0.2) is 48.5 Å². The van der Waals surface area contributed by atoms with Crippen LogP contribution in [0.2, 0.25) is 5.02 Å². The average Bonchev–Trinajstić information content (AvgIpc) is 3.59. The van der Waals surface area contributed by atoms with E-state index < -0.39 is 5.54 Å². The van der Waals surface area contributed by atoms with E-state index in [1.807, 2.05) is 42.5 Å². The number of hydrogen-bond donors (Lipinski definition) is 2. The second-order valence-corrected chi connectivity index (χ2v) is 8.92. The zero-order valence-corrected chi connectivity index (χ0v) is 19.1. The minimum atomic E-state index is -0.832. The van der Waals surface area contributed by atoms with Gasteiger partial charge >= 0.3 is 0 Å². The zero-order chi connectivity index (χ0) is 22.0. The minimum absolute atomic E-state index is 0.0165. The lowest BCUT2D eigenvalue weighted by Crippen LogP contribution is -2.46. The lowest BCUT2D eigenvalue weighted by molar-refractivity contribution is -0.132. The van der Waals surface area contributed by atoms with Crippen LogP contribution in [0, 0.1) is 11.3 Å². The largest absolute Gasteiger partial charge is 0.338 e. The molecule has 1 amide bonds. The molecule has 4 rings (SSSR count). The summed E-state index contributed by atoms with van der Waals surface area (Å²) in [6, 6.07) is 15.9. The lowest BCUT2D eigenvalue weighted by atomic mass is 9.83. The Kier molecular flexibility index (Phi) is 6.35. The van der Waals surface area contributed by atoms with Crippen LogP contribution in [0.5, 0.6) is 0 Å². The van der Waals surface area contributed by atoms with Gasteiger partial charge in [0.2, 0.25) is 0 Å². The summed E-state index contributed by atoms with van der Waals surface area (Å²) in [4.78, 5) is 17.7. The molecule has 1 aliphatic heterocycles. The molecule has 1 unspecified atom stereocenters. The van der Waals surface area contributed by atoms with Crippen molar-refractivity contribution in [1.29, 1.82) is 5.41 Å². The highest BCUT2D eigenvalue weighted by molar-refractivity contribution is 6.30. The number of amides is 1. The Morgan fingerprint density at radius 3 is 2.45 bits per heavy atom. The van der Waals surface area contributed by atoms with Gasteiger partial charge in [-0.15, -0.1) is 0 Å². The topological polar surface area (TPSA) is 59.4 Å². The molecule has 1 aliphatic carbocycles. The summed E-state index contributed by atoms with van der Waals surface area (Å²) in [5, 5.41) is 12.6. The first-order valence-electron chi connectivity index (χ1n) is 11.3. The number of halogens is 1. The first-order valence-corrected chi connectivity index (χ1v) is 11.6. The molecule has 2 aliphatic rings. The van der Waals surface area contributed by atoms with Gasteiger partial charge in [-0.2, -0.15) is 0 Å². The number of carbonyl (C=O) groups is 1. The quantitative estimate of drug-likeness (QED) is 0.596. The van der Waals surface area contributed by atoms with Crippen molar-refractivity contribution < 1.29 is 4.79 Å². The van der Waals surface area contributed by atoms with Gasteiger partial charge in [0, 0.05) is 11.6 Å². The van der Waals surface area contributed by atoms with Crippen molar-refractivity contribution >= 4 is 23.5 Å². The summed E-state index contributed by atoms with van der Waals surface area (Å²) < 4.78 is 0. The molecule has 2 fully saturated rings. The summed E-state index contributed by atoms with van der Waals surface area (Å²) in [5.41, 5.74) is 2.16. The Hall–Kier alpha value is -2.37. The minimum Gasteiger partial charge on any atom is -0.338 e. The van der Waals surface area contributed by atoms with E-state index >= 15 is 0 Å². The van der Waals surface area contributed by atoms with Crippen LogP contribution in [0.3, 0.4) is 0 Å². The third-order valence-corrected chi connectivity index (χ3v) is 6.82. The molecule has 6 heteroatoms. The first-order chi connectivity index (χ1) is 15.0. The van der Waals surface area contributed by atoms with Gasteiger partial charge in [-0.3, -0.25) is 15.1 Å². The van der Waals surface area contributed by atoms with E-state index in [2.05, 4.69) is 30.1 Å².